The van der Waals surface area contributed by atoms with Crippen LogP contribution in [0.2, 0.25) is 0 Å². The number of aromatic nitrogens is 1. The summed E-state index contributed by atoms with van der Waals surface area (Å²) in [5.41, 5.74) is 8.36. The van der Waals surface area contributed by atoms with Gasteiger partial charge in [0, 0.05) is 45.5 Å². The van der Waals surface area contributed by atoms with Gasteiger partial charge in [0.05, 0.1) is 5.52 Å². The highest BCUT2D eigenvalue weighted by Crippen LogP contribution is 2.40. The van der Waals surface area contributed by atoms with Crippen LogP contribution in [0.1, 0.15) is 0 Å². The summed E-state index contributed by atoms with van der Waals surface area (Å²) in [5, 5.41) is 8.16. The Bertz CT molecular complexity index is 2510. The number of benzene rings is 7. The average molecular weight is 563 g/mol. The van der Waals surface area contributed by atoms with E-state index in [1.807, 2.05) is 12.3 Å². The number of pyridine rings is 1. The lowest BCUT2D eigenvalue weighted by atomic mass is 9.98. The molecule has 0 saturated heterocycles. The second kappa shape index (κ2) is 9.82. The number of nitrogens with zero attached hydrogens (tertiary/aromatic N) is 2. The topological polar surface area (TPSA) is 29.3 Å². The van der Waals surface area contributed by atoms with Crippen LogP contribution in [0.15, 0.2) is 162 Å². The molecule has 206 valence electrons. The molecule has 0 aliphatic carbocycles. The van der Waals surface area contributed by atoms with Crippen LogP contribution in [-0.2, 0) is 0 Å². The van der Waals surface area contributed by atoms with Crippen LogP contribution in [0.25, 0.3) is 65.5 Å². The molecule has 7 aromatic carbocycles. The van der Waals surface area contributed by atoms with Gasteiger partial charge in [-0.05, 0) is 99.4 Å². The van der Waals surface area contributed by atoms with Crippen LogP contribution in [0.4, 0.5) is 17.1 Å². The molecule has 9 rings (SSSR count). The van der Waals surface area contributed by atoms with Gasteiger partial charge in [-0.3, -0.25) is 4.98 Å². The van der Waals surface area contributed by atoms with E-state index in [0.717, 1.165) is 49.9 Å². The molecular formula is C41H26N2O. The molecule has 3 nitrogen and oxygen atoms in total. The van der Waals surface area contributed by atoms with Crippen molar-refractivity contribution in [2.45, 2.75) is 0 Å². The van der Waals surface area contributed by atoms with Gasteiger partial charge in [-0.1, -0.05) is 78.9 Å². The quantitative estimate of drug-likeness (QED) is 0.214. The minimum atomic E-state index is 0.856. The predicted octanol–water partition coefficient (Wildman–Crippen LogP) is 11.6. The molecule has 0 fully saturated rings. The summed E-state index contributed by atoms with van der Waals surface area (Å²) in [7, 11) is 0. The SMILES string of the molecule is c1ccc(N(c2ccc3cc(-c4ccc5ccccc5c4)ccc3c2)c2ccc3c(c2)oc2cc4cccnc4cc23)cc1. The average Bonchev–Trinajstić information content (AvgIpc) is 3.44. The van der Waals surface area contributed by atoms with Crippen LogP contribution in [0.3, 0.4) is 0 Å². The van der Waals surface area contributed by atoms with Crippen LogP contribution in [0, 0.1) is 0 Å². The standard InChI is InChI=1S/C41H26N2O/c1-2-10-34(11-3-1)43(36-18-19-37-38-26-39-33(9-6-20-42-39)24-40(38)44-41(37)25-36)35-17-16-31-22-30(14-15-32(31)23-35)29-13-12-27-7-4-5-8-28(27)21-29/h1-26H. The van der Waals surface area contributed by atoms with Crippen molar-refractivity contribution in [3.8, 4) is 11.1 Å². The molecule has 0 N–H and O–H groups in total. The highest BCUT2D eigenvalue weighted by Gasteiger charge is 2.16. The summed E-state index contributed by atoms with van der Waals surface area (Å²) >= 11 is 0. The van der Waals surface area contributed by atoms with E-state index in [9.17, 15) is 0 Å². The van der Waals surface area contributed by atoms with Crippen LogP contribution >= 0.6 is 0 Å². The zero-order valence-corrected chi connectivity index (χ0v) is 23.8. The van der Waals surface area contributed by atoms with Crippen molar-refractivity contribution in [3.63, 3.8) is 0 Å². The molecule has 0 aliphatic heterocycles. The molecule has 9 aromatic rings. The van der Waals surface area contributed by atoms with Crippen molar-refractivity contribution < 1.29 is 4.42 Å². The first-order valence-corrected chi connectivity index (χ1v) is 14.9. The Hall–Kier alpha value is -5.93. The van der Waals surface area contributed by atoms with E-state index in [-0.39, 0.29) is 0 Å². The third-order valence-corrected chi connectivity index (χ3v) is 8.62. The normalized spacial score (nSPS) is 11.6. The highest BCUT2D eigenvalue weighted by molar-refractivity contribution is 6.10. The summed E-state index contributed by atoms with van der Waals surface area (Å²) in [6.45, 7) is 0. The Kier molecular flexibility index (Phi) is 5.50. The van der Waals surface area contributed by atoms with E-state index >= 15 is 0 Å². The number of anilines is 3. The maximum absolute atomic E-state index is 6.42. The summed E-state index contributed by atoms with van der Waals surface area (Å²) < 4.78 is 6.42. The second-order valence-electron chi connectivity index (χ2n) is 11.3. The predicted molar refractivity (Wildman–Crippen MR) is 184 cm³/mol. The zero-order valence-electron chi connectivity index (χ0n) is 23.8. The van der Waals surface area contributed by atoms with Gasteiger partial charge in [0.25, 0.3) is 0 Å². The first-order chi connectivity index (χ1) is 21.8. The van der Waals surface area contributed by atoms with Gasteiger partial charge in [-0.2, -0.15) is 0 Å². The van der Waals surface area contributed by atoms with Crippen LogP contribution in [-0.4, -0.2) is 4.98 Å². The number of para-hydroxylation sites is 1. The minimum absolute atomic E-state index is 0.856. The zero-order chi connectivity index (χ0) is 29.0. The van der Waals surface area contributed by atoms with Gasteiger partial charge < -0.3 is 9.32 Å². The Balaban J connectivity index is 1.15. The maximum Gasteiger partial charge on any atom is 0.137 e. The van der Waals surface area contributed by atoms with E-state index in [0.29, 0.717) is 0 Å². The number of rotatable bonds is 4. The van der Waals surface area contributed by atoms with Gasteiger partial charge in [-0.25, -0.2) is 0 Å². The molecule has 3 heteroatoms. The molecule has 0 aliphatic rings. The molecule has 0 amide bonds. The maximum atomic E-state index is 6.42. The molecule has 44 heavy (non-hydrogen) atoms. The third kappa shape index (κ3) is 4.10. The minimum Gasteiger partial charge on any atom is -0.456 e. The van der Waals surface area contributed by atoms with Gasteiger partial charge in [-0.15, -0.1) is 0 Å². The van der Waals surface area contributed by atoms with Gasteiger partial charge in [0.1, 0.15) is 11.2 Å². The molecule has 0 atom stereocenters. The number of furan rings is 1. The summed E-state index contributed by atoms with van der Waals surface area (Å²) in [6, 6.07) is 53.9. The van der Waals surface area contributed by atoms with Crippen LogP contribution < -0.4 is 4.90 Å². The third-order valence-electron chi connectivity index (χ3n) is 8.62. The van der Waals surface area contributed by atoms with E-state index < -0.39 is 0 Å². The lowest BCUT2D eigenvalue weighted by Gasteiger charge is -2.25. The lowest BCUT2D eigenvalue weighted by Crippen LogP contribution is -2.09. The summed E-state index contributed by atoms with van der Waals surface area (Å²) in [6.07, 6.45) is 1.83. The molecule has 0 spiro atoms. The molecule has 0 saturated carbocycles. The first-order valence-electron chi connectivity index (χ1n) is 14.9. The number of hydrogen-bond acceptors (Lipinski definition) is 3. The Labute approximate surface area is 254 Å². The molecular weight excluding hydrogens is 536 g/mol. The van der Waals surface area contributed by atoms with Crippen molar-refractivity contribution in [1.29, 1.82) is 0 Å². The molecule has 2 heterocycles. The van der Waals surface area contributed by atoms with Crippen molar-refractivity contribution in [2.75, 3.05) is 4.90 Å². The van der Waals surface area contributed by atoms with E-state index in [2.05, 4.69) is 155 Å². The molecule has 2 aromatic heterocycles. The van der Waals surface area contributed by atoms with Crippen LogP contribution in [0.5, 0.6) is 0 Å². The van der Waals surface area contributed by atoms with E-state index in [1.165, 1.54) is 32.7 Å². The summed E-state index contributed by atoms with van der Waals surface area (Å²) in [4.78, 5) is 6.85. The van der Waals surface area contributed by atoms with Crippen molar-refractivity contribution in [1.82, 2.24) is 4.98 Å². The Morgan fingerprint density at radius 3 is 1.91 bits per heavy atom. The molecule has 0 unspecified atom stereocenters. The van der Waals surface area contributed by atoms with E-state index in [1.54, 1.807) is 0 Å². The van der Waals surface area contributed by atoms with Crippen molar-refractivity contribution >= 4 is 71.4 Å². The molecule has 0 radical (unpaired) electrons. The van der Waals surface area contributed by atoms with Crippen molar-refractivity contribution in [3.05, 3.63) is 158 Å². The highest BCUT2D eigenvalue weighted by atomic mass is 16.3. The second-order valence-corrected chi connectivity index (χ2v) is 11.3. The number of hydrogen-bond donors (Lipinski definition) is 0. The van der Waals surface area contributed by atoms with Gasteiger partial charge in [0.15, 0.2) is 0 Å². The smallest absolute Gasteiger partial charge is 0.137 e. The van der Waals surface area contributed by atoms with E-state index in [4.69, 9.17) is 4.42 Å². The Morgan fingerprint density at radius 2 is 1.05 bits per heavy atom. The van der Waals surface area contributed by atoms with Gasteiger partial charge >= 0.3 is 0 Å². The lowest BCUT2D eigenvalue weighted by molar-refractivity contribution is 0.669. The number of fused-ring (bicyclic) bond motifs is 6. The van der Waals surface area contributed by atoms with Crippen molar-refractivity contribution in [2.24, 2.45) is 0 Å². The Morgan fingerprint density at radius 1 is 0.409 bits per heavy atom. The fraction of sp³-hybridized carbons (Fsp3) is 0. The summed E-state index contributed by atoms with van der Waals surface area (Å²) in [5.74, 6) is 0. The molecule has 0 bridgehead atoms. The monoisotopic (exact) mass is 562 g/mol. The fourth-order valence-electron chi connectivity index (χ4n) is 6.41. The first kappa shape index (κ1) is 24.6. The van der Waals surface area contributed by atoms with Gasteiger partial charge in [0.2, 0.25) is 0 Å². The largest absolute Gasteiger partial charge is 0.456 e. The fourth-order valence-corrected chi connectivity index (χ4v) is 6.41.